The summed E-state index contributed by atoms with van der Waals surface area (Å²) < 4.78 is 39.8. The average molecular weight is 631 g/mol. The Morgan fingerprint density at radius 2 is 1.56 bits per heavy atom. The minimum absolute atomic E-state index is 0.194. The van der Waals surface area contributed by atoms with Crippen LogP contribution in [0.4, 0.5) is 11.5 Å². The number of anilines is 2. The van der Waals surface area contributed by atoms with Crippen molar-refractivity contribution in [1.82, 2.24) is 10.3 Å². The van der Waals surface area contributed by atoms with Crippen LogP contribution in [0.25, 0.3) is 0 Å². The number of pyridine rings is 1. The van der Waals surface area contributed by atoms with E-state index in [0.717, 1.165) is 48.6 Å². The Hall–Kier alpha value is -4.12. The summed E-state index contributed by atoms with van der Waals surface area (Å²) in [6, 6.07) is 28.2. The number of rotatable bonds is 14. The standard InChI is InChI=1S/C35H42N4O5S/c1-26(2)28-8-15-34(16-9-28)45(41,42)38-30-10-17-35(37-22-30)39-20-18-29(19-21-39)36-23-31(40)25-44-33-13-11-32(12-14-33)43-24-27-6-4-3-5-7-27/h3-17,22,26,29,31,36,38,40H,18-21,23-25H2,1-2H3. The average Bonchev–Trinajstić information content (AvgIpc) is 3.07. The molecule has 0 radical (unpaired) electrons. The highest BCUT2D eigenvalue weighted by Crippen LogP contribution is 2.23. The first-order valence-electron chi connectivity index (χ1n) is 15.4. The third-order valence-corrected chi connectivity index (χ3v) is 9.23. The van der Waals surface area contributed by atoms with E-state index < -0.39 is 16.1 Å². The van der Waals surface area contributed by atoms with E-state index in [1.807, 2.05) is 72.8 Å². The molecule has 0 bridgehead atoms. The first-order chi connectivity index (χ1) is 21.7. The van der Waals surface area contributed by atoms with Gasteiger partial charge in [-0.2, -0.15) is 0 Å². The van der Waals surface area contributed by atoms with E-state index in [9.17, 15) is 13.5 Å². The second-order valence-electron chi connectivity index (χ2n) is 11.6. The van der Waals surface area contributed by atoms with Crippen molar-refractivity contribution in [3.8, 4) is 11.5 Å². The molecule has 3 aromatic carbocycles. The van der Waals surface area contributed by atoms with Crippen molar-refractivity contribution in [3.05, 3.63) is 108 Å². The summed E-state index contributed by atoms with van der Waals surface area (Å²) in [7, 11) is -3.69. The normalized spacial score (nSPS) is 14.7. The molecule has 1 aliphatic heterocycles. The van der Waals surface area contributed by atoms with Crippen LogP contribution in [0.5, 0.6) is 11.5 Å². The van der Waals surface area contributed by atoms with Crippen LogP contribution in [0.3, 0.4) is 0 Å². The second kappa shape index (κ2) is 15.2. The SMILES string of the molecule is CC(C)c1ccc(S(=O)(=O)Nc2ccc(N3CCC(NCC(O)COc4ccc(OCc5ccccc5)cc4)CC3)nc2)cc1. The van der Waals surface area contributed by atoms with E-state index in [2.05, 4.69) is 33.8 Å². The highest BCUT2D eigenvalue weighted by Gasteiger charge is 2.21. The molecule has 0 amide bonds. The minimum Gasteiger partial charge on any atom is -0.491 e. The fourth-order valence-electron chi connectivity index (χ4n) is 5.12. The van der Waals surface area contributed by atoms with Gasteiger partial charge in [0.1, 0.15) is 36.6 Å². The van der Waals surface area contributed by atoms with E-state index in [0.29, 0.717) is 30.5 Å². The van der Waals surface area contributed by atoms with Gasteiger partial charge < -0.3 is 24.8 Å². The maximum absolute atomic E-state index is 12.8. The number of nitrogens with one attached hydrogen (secondary N) is 2. The molecule has 1 aliphatic rings. The number of nitrogens with zero attached hydrogens (tertiary/aromatic N) is 2. The predicted molar refractivity (Wildman–Crippen MR) is 178 cm³/mol. The molecule has 9 nitrogen and oxygen atoms in total. The molecule has 1 aromatic heterocycles. The van der Waals surface area contributed by atoms with E-state index >= 15 is 0 Å². The van der Waals surface area contributed by atoms with Crippen molar-refractivity contribution in [3.63, 3.8) is 0 Å². The summed E-state index contributed by atoms with van der Waals surface area (Å²) in [4.78, 5) is 6.93. The summed E-state index contributed by atoms with van der Waals surface area (Å²) in [6.07, 6.45) is 2.73. The molecule has 1 saturated heterocycles. The molecule has 5 rings (SSSR count). The Kier molecular flexibility index (Phi) is 10.9. The summed E-state index contributed by atoms with van der Waals surface area (Å²) in [6.45, 7) is 6.90. The molecule has 1 fully saturated rings. The molecule has 238 valence electrons. The highest BCUT2D eigenvalue weighted by atomic mass is 32.2. The third kappa shape index (κ3) is 9.43. The van der Waals surface area contributed by atoms with Crippen molar-refractivity contribution in [2.24, 2.45) is 0 Å². The summed E-state index contributed by atoms with van der Waals surface area (Å²) >= 11 is 0. The van der Waals surface area contributed by atoms with Crippen LogP contribution in [-0.2, 0) is 16.6 Å². The van der Waals surface area contributed by atoms with Gasteiger partial charge in [-0.05, 0) is 78.4 Å². The topological polar surface area (TPSA) is 113 Å². The fourth-order valence-corrected chi connectivity index (χ4v) is 6.16. The van der Waals surface area contributed by atoms with Gasteiger partial charge >= 0.3 is 0 Å². The Morgan fingerprint density at radius 1 is 0.889 bits per heavy atom. The molecule has 4 aromatic rings. The zero-order chi connectivity index (χ0) is 31.6. The number of piperidine rings is 1. The molecule has 0 spiro atoms. The van der Waals surface area contributed by atoms with E-state index in [4.69, 9.17) is 9.47 Å². The Morgan fingerprint density at radius 3 is 2.18 bits per heavy atom. The fraction of sp³-hybridized carbons (Fsp3) is 0.343. The molecular weight excluding hydrogens is 588 g/mol. The second-order valence-corrected chi connectivity index (χ2v) is 13.3. The van der Waals surface area contributed by atoms with Crippen molar-refractivity contribution in [1.29, 1.82) is 0 Å². The van der Waals surface area contributed by atoms with Crippen LogP contribution in [0, 0.1) is 0 Å². The van der Waals surface area contributed by atoms with E-state index in [-0.39, 0.29) is 17.5 Å². The quantitative estimate of drug-likeness (QED) is 0.166. The molecule has 10 heteroatoms. The number of ether oxygens (including phenoxy) is 2. The zero-order valence-electron chi connectivity index (χ0n) is 25.8. The number of hydrogen-bond acceptors (Lipinski definition) is 8. The number of aliphatic hydroxyl groups excluding tert-OH is 1. The van der Waals surface area contributed by atoms with Gasteiger partial charge in [-0.15, -0.1) is 0 Å². The van der Waals surface area contributed by atoms with Gasteiger partial charge in [-0.1, -0.05) is 56.3 Å². The van der Waals surface area contributed by atoms with Crippen LogP contribution in [0.2, 0.25) is 0 Å². The molecule has 0 saturated carbocycles. The van der Waals surface area contributed by atoms with Crippen molar-refractivity contribution < 1.29 is 23.0 Å². The summed E-state index contributed by atoms with van der Waals surface area (Å²) in [5.74, 6) is 2.59. The van der Waals surface area contributed by atoms with Crippen LogP contribution >= 0.6 is 0 Å². The van der Waals surface area contributed by atoms with Crippen LogP contribution in [0.1, 0.15) is 43.7 Å². The maximum atomic E-state index is 12.8. The zero-order valence-corrected chi connectivity index (χ0v) is 26.6. The Bertz CT molecular complexity index is 1570. The van der Waals surface area contributed by atoms with Gasteiger partial charge in [0.05, 0.1) is 16.8 Å². The van der Waals surface area contributed by atoms with Crippen molar-refractivity contribution in [2.75, 3.05) is 35.9 Å². The lowest BCUT2D eigenvalue weighted by molar-refractivity contribution is 0.102. The number of hydrogen-bond donors (Lipinski definition) is 3. The lowest BCUT2D eigenvalue weighted by atomic mass is 10.0. The molecule has 1 atom stereocenters. The van der Waals surface area contributed by atoms with Crippen molar-refractivity contribution >= 4 is 21.5 Å². The van der Waals surface area contributed by atoms with Gasteiger partial charge in [-0.3, -0.25) is 4.72 Å². The Balaban J connectivity index is 0.998. The molecule has 1 unspecified atom stereocenters. The van der Waals surface area contributed by atoms with Gasteiger partial charge in [-0.25, -0.2) is 13.4 Å². The first kappa shape index (κ1) is 32.3. The smallest absolute Gasteiger partial charge is 0.261 e. The van der Waals surface area contributed by atoms with Gasteiger partial charge in [0.25, 0.3) is 10.0 Å². The van der Waals surface area contributed by atoms with Crippen LogP contribution < -0.4 is 24.4 Å². The number of aliphatic hydroxyl groups is 1. The van der Waals surface area contributed by atoms with Gasteiger partial charge in [0.2, 0.25) is 0 Å². The Labute approximate surface area is 266 Å². The summed E-state index contributed by atoms with van der Waals surface area (Å²) in [5, 5.41) is 13.9. The van der Waals surface area contributed by atoms with Crippen molar-refractivity contribution in [2.45, 2.75) is 56.3 Å². The molecule has 45 heavy (non-hydrogen) atoms. The van der Waals surface area contributed by atoms with Crippen LogP contribution in [-0.4, -0.2) is 56.9 Å². The van der Waals surface area contributed by atoms with Gasteiger partial charge in [0.15, 0.2) is 0 Å². The largest absolute Gasteiger partial charge is 0.491 e. The molecule has 3 N–H and O–H groups in total. The summed E-state index contributed by atoms with van der Waals surface area (Å²) in [5.41, 5.74) is 2.62. The van der Waals surface area contributed by atoms with Crippen LogP contribution in [0.15, 0.2) is 102 Å². The monoisotopic (exact) mass is 630 g/mol. The highest BCUT2D eigenvalue weighted by molar-refractivity contribution is 7.92. The number of benzene rings is 3. The first-order valence-corrected chi connectivity index (χ1v) is 16.9. The molecule has 0 aliphatic carbocycles. The number of aromatic nitrogens is 1. The lowest BCUT2D eigenvalue weighted by Gasteiger charge is -2.33. The number of sulfonamides is 1. The lowest BCUT2D eigenvalue weighted by Crippen LogP contribution is -2.45. The molecular formula is C35H42N4O5S. The van der Waals surface area contributed by atoms with Gasteiger partial charge in [0, 0.05) is 25.7 Å². The maximum Gasteiger partial charge on any atom is 0.261 e. The molecule has 2 heterocycles. The predicted octanol–water partition coefficient (Wildman–Crippen LogP) is 5.58. The van der Waals surface area contributed by atoms with E-state index in [1.165, 1.54) is 0 Å². The van der Waals surface area contributed by atoms with E-state index in [1.54, 1.807) is 24.4 Å². The third-order valence-electron chi connectivity index (χ3n) is 7.83. The minimum atomic E-state index is -3.69.